The van der Waals surface area contributed by atoms with Crippen molar-refractivity contribution in [1.82, 2.24) is 14.9 Å². The number of rotatable bonds is 7. The third-order valence-electron chi connectivity index (χ3n) is 4.52. The summed E-state index contributed by atoms with van der Waals surface area (Å²) in [4.78, 5) is 24.3. The van der Waals surface area contributed by atoms with Crippen molar-refractivity contribution >= 4 is 21.6 Å². The maximum atomic E-state index is 12.6. The van der Waals surface area contributed by atoms with E-state index in [1.807, 2.05) is 60.7 Å². The van der Waals surface area contributed by atoms with Crippen LogP contribution in [0.25, 0.3) is 20.7 Å². The maximum Gasteiger partial charge on any atom is 0.259 e. The summed E-state index contributed by atoms with van der Waals surface area (Å²) in [6.07, 6.45) is 1.87. The predicted molar refractivity (Wildman–Crippen MR) is 116 cm³/mol. The number of hydrogen-bond donors (Lipinski definition) is 1. The van der Waals surface area contributed by atoms with Crippen molar-refractivity contribution in [3.63, 3.8) is 0 Å². The Kier molecular flexibility index (Phi) is 5.46. The van der Waals surface area contributed by atoms with Crippen molar-refractivity contribution in [2.24, 2.45) is 0 Å². The molecule has 0 saturated carbocycles. The summed E-state index contributed by atoms with van der Waals surface area (Å²) in [5, 5.41) is 0.644. The van der Waals surface area contributed by atoms with Gasteiger partial charge < -0.3 is 4.98 Å². The van der Waals surface area contributed by atoms with Gasteiger partial charge in [-0.1, -0.05) is 66.7 Å². The minimum Gasteiger partial charge on any atom is -0.309 e. The Hall–Kier alpha value is -3.02. The molecule has 4 rings (SSSR count). The standard InChI is InChI=1S/C23H21N3OS/c1-2-13-26(15-17-9-5-3-6-10-17)16-21-24-22(27)19-14-20(28-23(19)25-21)18-11-7-4-8-12-18/h2-12,14H,1,13,15-16H2,(H,24,25,27). The van der Waals surface area contributed by atoms with Crippen LogP contribution in [0.15, 0.2) is 84.2 Å². The lowest BCUT2D eigenvalue weighted by Gasteiger charge is -2.20. The molecule has 0 aliphatic rings. The number of benzene rings is 2. The zero-order valence-electron chi connectivity index (χ0n) is 15.5. The number of H-pyrrole nitrogens is 1. The number of aromatic amines is 1. The number of thiophene rings is 1. The normalized spacial score (nSPS) is 11.2. The van der Waals surface area contributed by atoms with Gasteiger partial charge in [-0.25, -0.2) is 4.98 Å². The molecule has 0 bridgehead atoms. The number of aromatic nitrogens is 2. The van der Waals surface area contributed by atoms with Gasteiger partial charge in [0.15, 0.2) is 0 Å². The molecule has 0 radical (unpaired) electrons. The van der Waals surface area contributed by atoms with E-state index in [-0.39, 0.29) is 5.56 Å². The van der Waals surface area contributed by atoms with Crippen LogP contribution in [0.3, 0.4) is 0 Å². The molecule has 0 aliphatic heterocycles. The van der Waals surface area contributed by atoms with E-state index >= 15 is 0 Å². The highest BCUT2D eigenvalue weighted by molar-refractivity contribution is 7.21. The van der Waals surface area contributed by atoms with Gasteiger partial charge in [0.25, 0.3) is 5.56 Å². The molecule has 0 fully saturated rings. The quantitative estimate of drug-likeness (QED) is 0.462. The maximum absolute atomic E-state index is 12.6. The van der Waals surface area contributed by atoms with Gasteiger partial charge in [-0.2, -0.15) is 0 Å². The smallest absolute Gasteiger partial charge is 0.259 e. The highest BCUT2D eigenvalue weighted by Gasteiger charge is 2.13. The summed E-state index contributed by atoms with van der Waals surface area (Å²) in [6, 6.07) is 22.3. The second-order valence-electron chi connectivity index (χ2n) is 6.65. The van der Waals surface area contributed by atoms with Gasteiger partial charge in [-0.3, -0.25) is 9.69 Å². The summed E-state index contributed by atoms with van der Waals surface area (Å²) < 4.78 is 0. The van der Waals surface area contributed by atoms with Gasteiger partial charge in [0, 0.05) is 18.0 Å². The molecular weight excluding hydrogens is 366 g/mol. The number of hydrogen-bond acceptors (Lipinski definition) is 4. The van der Waals surface area contributed by atoms with Crippen LogP contribution in [0, 0.1) is 0 Å². The summed E-state index contributed by atoms with van der Waals surface area (Å²) in [6.45, 7) is 5.91. The lowest BCUT2D eigenvalue weighted by molar-refractivity contribution is 0.279. The first-order valence-electron chi connectivity index (χ1n) is 9.18. The summed E-state index contributed by atoms with van der Waals surface area (Å²) in [5.74, 6) is 0.678. The fourth-order valence-electron chi connectivity index (χ4n) is 3.22. The Bertz CT molecular complexity index is 1130. The monoisotopic (exact) mass is 387 g/mol. The van der Waals surface area contributed by atoms with Crippen molar-refractivity contribution in [1.29, 1.82) is 0 Å². The van der Waals surface area contributed by atoms with E-state index in [1.165, 1.54) is 5.56 Å². The van der Waals surface area contributed by atoms with Crippen LogP contribution in [-0.4, -0.2) is 21.4 Å². The van der Waals surface area contributed by atoms with E-state index < -0.39 is 0 Å². The van der Waals surface area contributed by atoms with E-state index in [1.54, 1.807) is 11.3 Å². The number of fused-ring (bicyclic) bond motifs is 1. The molecule has 2 aromatic heterocycles. The number of nitrogens with one attached hydrogen (secondary N) is 1. The van der Waals surface area contributed by atoms with E-state index in [0.717, 1.165) is 28.4 Å². The van der Waals surface area contributed by atoms with Crippen LogP contribution in [0.2, 0.25) is 0 Å². The average molecular weight is 388 g/mol. The van der Waals surface area contributed by atoms with Gasteiger partial charge in [0.1, 0.15) is 10.7 Å². The molecule has 0 aliphatic carbocycles. The molecular formula is C23H21N3OS. The third-order valence-corrected chi connectivity index (χ3v) is 5.60. The topological polar surface area (TPSA) is 49.0 Å². The SMILES string of the molecule is C=CCN(Cc1ccccc1)Cc1nc2sc(-c3ccccc3)cc2c(=O)[nH]1. The molecule has 0 amide bonds. The first-order valence-corrected chi connectivity index (χ1v) is 10.00. The molecule has 0 unspecified atom stereocenters. The zero-order valence-corrected chi connectivity index (χ0v) is 16.3. The molecule has 0 spiro atoms. The van der Waals surface area contributed by atoms with E-state index in [2.05, 4.69) is 28.6 Å². The van der Waals surface area contributed by atoms with Crippen LogP contribution in [0.5, 0.6) is 0 Å². The van der Waals surface area contributed by atoms with Crippen LogP contribution in [-0.2, 0) is 13.1 Å². The minimum absolute atomic E-state index is 0.0864. The number of nitrogens with zero attached hydrogens (tertiary/aromatic N) is 2. The molecule has 2 heterocycles. The van der Waals surface area contributed by atoms with Crippen LogP contribution in [0.4, 0.5) is 0 Å². The molecule has 28 heavy (non-hydrogen) atoms. The fraction of sp³-hybridized carbons (Fsp3) is 0.130. The van der Waals surface area contributed by atoms with Crippen LogP contribution < -0.4 is 5.56 Å². The largest absolute Gasteiger partial charge is 0.309 e. The zero-order chi connectivity index (χ0) is 19.3. The Morgan fingerprint density at radius 2 is 1.75 bits per heavy atom. The molecule has 2 aromatic carbocycles. The van der Waals surface area contributed by atoms with Crippen molar-refractivity contribution in [3.05, 3.63) is 101 Å². The Morgan fingerprint density at radius 1 is 1.04 bits per heavy atom. The van der Waals surface area contributed by atoms with Crippen LogP contribution >= 0.6 is 11.3 Å². The average Bonchev–Trinajstić information content (AvgIpc) is 3.14. The van der Waals surface area contributed by atoms with Crippen LogP contribution in [0.1, 0.15) is 11.4 Å². The minimum atomic E-state index is -0.0864. The Labute approximate surface area is 167 Å². The molecule has 5 heteroatoms. The molecule has 4 aromatic rings. The first-order chi connectivity index (χ1) is 13.7. The van der Waals surface area contributed by atoms with E-state index in [4.69, 9.17) is 4.98 Å². The van der Waals surface area contributed by atoms with Crippen molar-refractivity contribution in [2.75, 3.05) is 6.54 Å². The lowest BCUT2D eigenvalue weighted by Crippen LogP contribution is -2.25. The van der Waals surface area contributed by atoms with Gasteiger partial charge in [0.05, 0.1) is 11.9 Å². The highest BCUT2D eigenvalue weighted by atomic mass is 32.1. The van der Waals surface area contributed by atoms with Crippen molar-refractivity contribution < 1.29 is 0 Å². The highest BCUT2D eigenvalue weighted by Crippen LogP contribution is 2.30. The second-order valence-corrected chi connectivity index (χ2v) is 7.68. The summed E-state index contributed by atoms with van der Waals surface area (Å²) in [7, 11) is 0. The van der Waals surface area contributed by atoms with E-state index in [0.29, 0.717) is 17.8 Å². The Morgan fingerprint density at radius 3 is 2.46 bits per heavy atom. The molecule has 4 nitrogen and oxygen atoms in total. The van der Waals surface area contributed by atoms with E-state index in [9.17, 15) is 4.79 Å². The first kappa shape index (κ1) is 18.3. The van der Waals surface area contributed by atoms with Crippen molar-refractivity contribution in [2.45, 2.75) is 13.1 Å². The van der Waals surface area contributed by atoms with Gasteiger partial charge in [0.2, 0.25) is 0 Å². The van der Waals surface area contributed by atoms with Gasteiger partial charge in [-0.05, 0) is 17.2 Å². The fourth-order valence-corrected chi connectivity index (χ4v) is 4.27. The second kappa shape index (κ2) is 8.33. The lowest BCUT2D eigenvalue weighted by atomic mass is 10.2. The third kappa shape index (κ3) is 4.11. The predicted octanol–water partition coefficient (Wildman–Crippen LogP) is 4.84. The van der Waals surface area contributed by atoms with Gasteiger partial charge >= 0.3 is 0 Å². The molecule has 0 atom stereocenters. The van der Waals surface area contributed by atoms with Crippen molar-refractivity contribution in [3.8, 4) is 10.4 Å². The summed E-state index contributed by atoms with van der Waals surface area (Å²) in [5.41, 5.74) is 2.23. The van der Waals surface area contributed by atoms with Gasteiger partial charge in [-0.15, -0.1) is 17.9 Å². The molecule has 0 saturated heterocycles. The molecule has 1 N–H and O–H groups in total. The molecule has 140 valence electrons. The Balaban J connectivity index is 1.62. The summed E-state index contributed by atoms with van der Waals surface area (Å²) >= 11 is 1.55.